The van der Waals surface area contributed by atoms with E-state index in [2.05, 4.69) is 35.9 Å². The van der Waals surface area contributed by atoms with Crippen LogP contribution in [0, 0.1) is 0 Å². The number of aliphatic hydroxyl groups excluding tert-OH is 1. The Kier molecular flexibility index (Phi) is 7.47. The van der Waals surface area contributed by atoms with Gasteiger partial charge in [0, 0.05) is 27.4 Å². The molecule has 1 atom stereocenters. The van der Waals surface area contributed by atoms with E-state index in [9.17, 15) is 9.90 Å². The van der Waals surface area contributed by atoms with Gasteiger partial charge in [-0.25, -0.2) is 14.8 Å². The number of thiazole rings is 1. The molecule has 4 N–H and O–H groups in total. The third-order valence-electron chi connectivity index (χ3n) is 5.74. The fourth-order valence-electron chi connectivity index (χ4n) is 4.01. The number of nitrogens with zero attached hydrogens (tertiary/aromatic N) is 3. The molecule has 5 rings (SSSR count). The third-order valence-corrected chi connectivity index (χ3v) is 7.18. The number of imidazole rings is 2. The molecule has 2 aromatic carbocycles. The smallest absolute Gasteiger partial charge is 0.329 e. The molecule has 0 radical (unpaired) electrons. The molecular weight excluding hydrogens is 582 g/mol. The van der Waals surface area contributed by atoms with Gasteiger partial charge in [0.05, 0.1) is 34.7 Å². The highest BCUT2D eigenvalue weighted by Gasteiger charge is 2.27. The molecule has 5 aromatic rings. The quantitative estimate of drug-likeness (QED) is 0.188. The highest BCUT2D eigenvalue weighted by molar-refractivity contribution is 9.10. The highest BCUT2D eigenvalue weighted by Crippen LogP contribution is 2.34. The Morgan fingerprint density at radius 2 is 1.97 bits per heavy atom. The number of aromatic hydroxyl groups is 1. The average Bonchev–Trinajstić information content (AvgIpc) is 3.63. The maximum absolute atomic E-state index is 13.2. The predicted octanol–water partition coefficient (Wildman–Crippen LogP) is 5.01. The Hall–Kier alpha value is -3.38. The number of nitrogens with one attached hydrogen (secondary N) is 2. The molecule has 0 aliphatic heterocycles. The first-order valence-corrected chi connectivity index (χ1v) is 13.3. The van der Waals surface area contributed by atoms with Gasteiger partial charge in [-0.1, -0.05) is 33.6 Å². The molecule has 190 valence electrons. The average molecular weight is 603 g/mol. The molecule has 3 aromatic heterocycles. The Bertz CT molecular complexity index is 1560. The lowest BCUT2D eigenvalue weighted by atomic mass is 10.1. The maximum atomic E-state index is 13.2. The van der Waals surface area contributed by atoms with Crippen LogP contribution in [0.15, 0.2) is 68.8 Å². The van der Waals surface area contributed by atoms with Crippen LogP contribution in [-0.2, 0) is 6.42 Å². The first-order chi connectivity index (χ1) is 17.9. The molecule has 0 amide bonds. The number of H-pyrrole nitrogens is 2. The van der Waals surface area contributed by atoms with E-state index in [1.54, 1.807) is 42.0 Å². The summed E-state index contributed by atoms with van der Waals surface area (Å²) in [5.41, 5.74) is 4.28. The lowest BCUT2D eigenvalue weighted by molar-refractivity contribution is 0.201. The van der Waals surface area contributed by atoms with E-state index in [0.717, 1.165) is 15.7 Å². The van der Waals surface area contributed by atoms with Crippen molar-refractivity contribution in [3.63, 3.8) is 0 Å². The van der Waals surface area contributed by atoms with Crippen molar-refractivity contribution in [2.75, 3.05) is 13.2 Å². The van der Waals surface area contributed by atoms with Crippen LogP contribution >= 0.6 is 38.9 Å². The van der Waals surface area contributed by atoms with Crippen molar-refractivity contribution in [1.29, 1.82) is 0 Å². The van der Waals surface area contributed by atoms with E-state index in [1.807, 2.05) is 17.5 Å². The summed E-state index contributed by atoms with van der Waals surface area (Å²) in [6.45, 7) is 0.0777. The fraction of sp³-hybridized carbons (Fsp3) is 0.160. The van der Waals surface area contributed by atoms with Crippen molar-refractivity contribution < 1.29 is 14.9 Å². The Morgan fingerprint density at radius 3 is 2.68 bits per heavy atom. The molecule has 0 saturated heterocycles. The minimum atomic E-state index is -0.672. The number of ether oxygens (including phenoxy) is 1. The number of rotatable bonds is 9. The number of benzene rings is 2. The van der Waals surface area contributed by atoms with Gasteiger partial charge in [-0.05, 0) is 36.4 Å². The summed E-state index contributed by atoms with van der Waals surface area (Å²) in [4.78, 5) is 28.1. The molecule has 0 spiro atoms. The number of halogens is 2. The van der Waals surface area contributed by atoms with Crippen molar-refractivity contribution in [2.45, 2.75) is 12.5 Å². The van der Waals surface area contributed by atoms with Gasteiger partial charge in [0.1, 0.15) is 29.9 Å². The molecule has 12 heteroatoms. The van der Waals surface area contributed by atoms with Crippen LogP contribution in [0.2, 0.25) is 5.02 Å². The molecule has 37 heavy (non-hydrogen) atoms. The molecule has 0 fully saturated rings. The van der Waals surface area contributed by atoms with Crippen molar-refractivity contribution in [3.8, 4) is 34.1 Å². The van der Waals surface area contributed by atoms with Crippen LogP contribution in [0.25, 0.3) is 22.5 Å². The van der Waals surface area contributed by atoms with Crippen LogP contribution in [-0.4, -0.2) is 47.9 Å². The van der Waals surface area contributed by atoms with Gasteiger partial charge < -0.3 is 24.9 Å². The summed E-state index contributed by atoms with van der Waals surface area (Å²) in [5, 5.41) is 22.6. The summed E-state index contributed by atoms with van der Waals surface area (Å²) in [5.74, 6) is 0.807. The standard InChI is InChI=1S/C25H21BrClN5O4S/c26-15-3-6-18(19(27)9-15)20-11-28-23(30-20)21(10-16-12-37-13-29-16)32-24(34)22(31-25(32)35)14-1-4-17(5-2-14)36-8-7-33/h1-6,9,11-13,21,33-34H,7-8,10H2,(H,28,30)(H,31,35)/t21-/m0/s1. The number of hydrogen-bond acceptors (Lipinski definition) is 7. The molecule has 0 aliphatic carbocycles. The summed E-state index contributed by atoms with van der Waals surface area (Å²) >= 11 is 11.3. The van der Waals surface area contributed by atoms with Crippen molar-refractivity contribution in [3.05, 3.63) is 91.0 Å². The second-order valence-electron chi connectivity index (χ2n) is 8.10. The van der Waals surface area contributed by atoms with Gasteiger partial charge in [-0.15, -0.1) is 11.3 Å². The minimum absolute atomic E-state index is 0.0956. The lowest BCUT2D eigenvalue weighted by Gasteiger charge is -2.16. The Labute approximate surface area is 228 Å². The largest absolute Gasteiger partial charge is 0.493 e. The molecule has 0 unspecified atom stereocenters. The third kappa shape index (κ3) is 5.35. The summed E-state index contributed by atoms with van der Waals surface area (Å²) in [7, 11) is 0. The summed E-state index contributed by atoms with van der Waals surface area (Å²) in [6, 6.07) is 11.7. The highest BCUT2D eigenvalue weighted by atomic mass is 79.9. The van der Waals surface area contributed by atoms with Gasteiger partial charge in [0.15, 0.2) is 0 Å². The van der Waals surface area contributed by atoms with Crippen molar-refractivity contribution >= 4 is 38.9 Å². The van der Waals surface area contributed by atoms with E-state index >= 15 is 0 Å². The van der Waals surface area contributed by atoms with Gasteiger partial charge in [0.25, 0.3) is 0 Å². The SMILES string of the molecule is O=c1[nH]c(-c2ccc(OCCO)cc2)c(O)n1[C@@H](Cc1cscn1)c1ncc(-c2ccc(Br)cc2Cl)[nH]1. The molecule has 9 nitrogen and oxygen atoms in total. The Balaban J connectivity index is 1.54. The van der Waals surface area contributed by atoms with Gasteiger partial charge in [-0.2, -0.15) is 0 Å². The summed E-state index contributed by atoms with van der Waals surface area (Å²) in [6.07, 6.45) is 1.97. The van der Waals surface area contributed by atoms with Crippen LogP contribution in [0.3, 0.4) is 0 Å². The van der Waals surface area contributed by atoms with Crippen molar-refractivity contribution in [1.82, 2.24) is 24.5 Å². The zero-order chi connectivity index (χ0) is 25.9. The normalized spacial score (nSPS) is 12.1. The van der Waals surface area contributed by atoms with Crippen molar-refractivity contribution in [2.24, 2.45) is 0 Å². The van der Waals surface area contributed by atoms with Crippen LogP contribution in [0.5, 0.6) is 11.6 Å². The number of aromatic nitrogens is 5. The predicted molar refractivity (Wildman–Crippen MR) is 145 cm³/mol. The number of aromatic amines is 2. The van der Waals surface area contributed by atoms with Crippen LogP contribution < -0.4 is 10.4 Å². The Morgan fingerprint density at radius 1 is 1.16 bits per heavy atom. The molecule has 0 bridgehead atoms. The molecule has 0 aliphatic rings. The zero-order valence-electron chi connectivity index (χ0n) is 19.2. The fourth-order valence-corrected chi connectivity index (χ4v) is 5.36. The monoisotopic (exact) mass is 601 g/mol. The minimum Gasteiger partial charge on any atom is -0.493 e. The van der Waals surface area contributed by atoms with Crippen LogP contribution in [0.1, 0.15) is 17.6 Å². The number of hydrogen-bond donors (Lipinski definition) is 4. The first-order valence-electron chi connectivity index (χ1n) is 11.2. The lowest BCUT2D eigenvalue weighted by Crippen LogP contribution is -2.25. The van der Waals surface area contributed by atoms with E-state index < -0.39 is 11.7 Å². The van der Waals surface area contributed by atoms with E-state index in [0.29, 0.717) is 34.3 Å². The molecular formula is C25H21BrClN5O4S. The summed E-state index contributed by atoms with van der Waals surface area (Å²) < 4.78 is 7.52. The van der Waals surface area contributed by atoms with E-state index in [4.69, 9.17) is 21.4 Å². The van der Waals surface area contributed by atoms with Gasteiger partial charge >= 0.3 is 5.69 Å². The second kappa shape index (κ2) is 10.9. The second-order valence-corrected chi connectivity index (χ2v) is 10.1. The zero-order valence-corrected chi connectivity index (χ0v) is 22.3. The topological polar surface area (TPSA) is 129 Å². The van der Waals surface area contributed by atoms with Gasteiger partial charge in [-0.3, -0.25) is 4.57 Å². The molecule has 0 saturated carbocycles. The van der Waals surface area contributed by atoms with E-state index in [-0.39, 0.29) is 24.8 Å². The van der Waals surface area contributed by atoms with Gasteiger partial charge in [0.2, 0.25) is 5.88 Å². The molecule has 3 heterocycles. The van der Waals surface area contributed by atoms with Crippen LogP contribution in [0.4, 0.5) is 0 Å². The van der Waals surface area contributed by atoms with E-state index in [1.165, 1.54) is 15.9 Å². The maximum Gasteiger partial charge on any atom is 0.329 e. The first kappa shape index (κ1) is 25.3. The number of aliphatic hydroxyl groups is 1.